The van der Waals surface area contributed by atoms with Crippen LogP contribution in [0.15, 0.2) is 85.2 Å². The van der Waals surface area contributed by atoms with Crippen molar-refractivity contribution in [3.8, 4) is 11.5 Å². The molecule has 0 fully saturated rings. The first-order valence-corrected chi connectivity index (χ1v) is 8.95. The zero-order chi connectivity index (χ0) is 16.8. The number of hydrogen-bond acceptors (Lipinski definition) is 5. The summed E-state index contributed by atoms with van der Waals surface area (Å²) in [4.78, 5) is 3.90. The first-order valence-electron chi connectivity index (χ1n) is 7.34. The molecule has 0 aliphatic heterocycles. The Morgan fingerprint density at radius 1 is 0.792 bits per heavy atom. The number of nitrogens with zero attached hydrogens (tertiary/aromatic N) is 1. The Morgan fingerprint density at radius 2 is 1.25 bits per heavy atom. The maximum absolute atomic E-state index is 13.3. The van der Waals surface area contributed by atoms with Crippen LogP contribution in [-0.2, 0) is 4.57 Å². The molecule has 5 nitrogen and oxygen atoms in total. The van der Waals surface area contributed by atoms with E-state index in [0.29, 0.717) is 17.1 Å². The van der Waals surface area contributed by atoms with Gasteiger partial charge in [0.25, 0.3) is 0 Å². The van der Waals surface area contributed by atoms with Gasteiger partial charge >= 0.3 is 7.60 Å². The summed E-state index contributed by atoms with van der Waals surface area (Å²) in [7, 11) is -3.95. The summed E-state index contributed by atoms with van der Waals surface area (Å²) >= 11 is 0. The Balaban J connectivity index is 1.95. The Kier molecular flexibility index (Phi) is 4.94. The summed E-state index contributed by atoms with van der Waals surface area (Å²) in [6.45, 7) is 0. The minimum Gasteiger partial charge on any atom is -0.414 e. The molecule has 1 atom stereocenters. The maximum Gasteiger partial charge on any atom is 0.463 e. The molecule has 0 amide bonds. The van der Waals surface area contributed by atoms with Crippen LogP contribution in [0.1, 0.15) is 11.4 Å². The molecular formula is C18H16NO4P. The molecule has 0 aliphatic rings. The topological polar surface area (TPSA) is 68.7 Å². The van der Waals surface area contributed by atoms with Crippen molar-refractivity contribution in [1.29, 1.82) is 0 Å². The third-order valence-electron chi connectivity index (χ3n) is 3.26. The van der Waals surface area contributed by atoms with Crippen LogP contribution in [0.5, 0.6) is 11.5 Å². The van der Waals surface area contributed by atoms with Gasteiger partial charge in [0.15, 0.2) is 0 Å². The largest absolute Gasteiger partial charge is 0.463 e. The molecule has 3 rings (SSSR count). The second kappa shape index (κ2) is 7.30. The van der Waals surface area contributed by atoms with Crippen LogP contribution in [0.2, 0.25) is 0 Å². The lowest BCUT2D eigenvalue weighted by atomic mass is 10.3. The average molecular weight is 341 g/mol. The lowest BCUT2D eigenvalue weighted by Crippen LogP contribution is -2.10. The second-order valence-corrected chi connectivity index (χ2v) is 6.94. The highest BCUT2D eigenvalue weighted by Crippen LogP contribution is 2.58. The van der Waals surface area contributed by atoms with Crippen molar-refractivity contribution in [3.63, 3.8) is 0 Å². The highest BCUT2D eigenvalue weighted by molar-refractivity contribution is 7.54. The number of aliphatic hydroxyl groups is 1. The van der Waals surface area contributed by atoms with E-state index in [1.807, 2.05) is 12.1 Å². The van der Waals surface area contributed by atoms with Crippen molar-refractivity contribution in [3.05, 3.63) is 90.8 Å². The molecule has 1 aromatic heterocycles. The van der Waals surface area contributed by atoms with E-state index in [1.54, 1.807) is 60.7 Å². The van der Waals surface area contributed by atoms with Crippen molar-refractivity contribution < 1.29 is 18.7 Å². The molecule has 3 aromatic rings. The van der Waals surface area contributed by atoms with Crippen LogP contribution in [-0.4, -0.2) is 10.1 Å². The van der Waals surface area contributed by atoms with E-state index in [1.165, 1.54) is 12.4 Å². The monoisotopic (exact) mass is 341 g/mol. The van der Waals surface area contributed by atoms with E-state index >= 15 is 0 Å². The van der Waals surface area contributed by atoms with Gasteiger partial charge < -0.3 is 14.2 Å². The number of hydrogen-bond donors (Lipinski definition) is 1. The fourth-order valence-electron chi connectivity index (χ4n) is 2.09. The molecule has 6 heteroatoms. The van der Waals surface area contributed by atoms with E-state index in [4.69, 9.17) is 9.05 Å². The smallest absolute Gasteiger partial charge is 0.414 e. The normalized spacial score (nSPS) is 12.4. The van der Waals surface area contributed by atoms with E-state index in [2.05, 4.69) is 4.98 Å². The van der Waals surface area contributed by atoms with E-state index in [0.717, 1.165) is 0 Å². The SMILES string of the molecule is O=P(Oc1ccccc1)(Oc1ccccc1)[C@H](O)c1ccncc1. The van der Waals surface area contributed by atoms with Crippen LogP contribution in [0.4, 0.5) is 0 Å². The number of pyridine rings is 1. The third kappa shape index (κ3) is 3.82. The highest BCUT2D eigenvalue weighted by Gasteiger charge is 2.39. The first kappa shape index (κ1) is 16.2. The average Bonchev–Trinajstić information content (AvgIpc) is 2.63. The van der Waals surface area contributed by atoms with Crippen LogP contribution in [0.3, 0.4) is 0 Å². The Hall–Kier alpha value is -2.62. The van der Waals surface area contributed by atoms with Crippen LogP contribution in [0, 0.1) is 0 Å². The van der Waals surface area contributed by atoms with Crippen molar-refractivity contribution >= 4 is 7.60 Å². The number of benzene rings is 2. The summed E-state index contributed by atoms with van der Waals surface area (Å²) in [6.07, 6.45) is 3.02. The van der Waals surface area contributed by atoms with Gasteiger partial charge in [-0.25, -0.2) is 4.57 Å². The second-order valence-electron chi connectivity index (χ2n) is 5.00. The molecule has 0 aliphatic carbocycles. The van der Waals surface area contributed by atoms with Gasteiger partial charge in [-0.3, -0.25) is 4.98 Å². The van der Waals surface area contributed by atoms with Crippen LogP contribution >= 0.6 is 7.60 Å². The Labute approximate surface area is 140 Å². The minimum absolute atomic E-state index is 0.352. The van der Waals surface area contributed by atoms with E-state index < -0.39 is 13.4 Å². The minimum atomic E-state index is -3.95. The predicted molar refractivity (Wildman–Crippen MR) is 90.9 cm³/mol. The Morgan fingerprint density at radius 3 is 1.71 bits per heavy atom. The fourth-order valence-corrected chi connectivity index (χ4v) is 3.70. The maximum atomic E-state index is 13.3. The quantitative estimate of drug-likeness (QED) is 0.672. The first-order chi connectivity index (χ1) is 11.7. The number of para-hydroxylation sites is 2. The number of aliphatic hydroxyl groups excluding tert-OH is 1. The van der Waals surface area contributed by atoms with Gasteiger partial charge in [0, 0.05) is 12.4 Å². The molecule has 0 saturated heterocycles. The van der Waals surface area contributed by atoms with Crippen molar-refractivity contribution in [2.24, 2.45) is 0 Å². The lowest BCUT2D eigenvalue weighted by molar-refractivity contribution is 0.212. The molecule has 0 spiro atoms. The molecule has 1 N–H and O–H groups in total. The van der Waals surface area contributed by atoms with E-state index in [9.17, 15) is 9.67 Å². The molecule has 0 saturated carbocycles. The molecule has 122 valence electrons. The van der Waals surface area contributed by atoms with Gasteiger partial charge in [-0.05, 0) is 42.0 Å². The van der Waals surface area contributed by atoms with Crippen molar-refractivity contribution in [2.45, 2.75) is 5.85 Å². The molecule has 1 heterocycles. The molecule has 0 unspecified atom stereocenters. The standard InChI is InChI=1S/C18H16NO4P/c20-18(15-11-13-19-14-12-15)24(21,22-16-7-3-1-4-8-16)23-17-9-5-2-6-10-17/h1-14,18,20H/t18-/m0/s1. The number of aromatic nitrogens is 1. The third-order valence-corrected chi connectivity index (χ3v) is 5.08. The summed E-state index contributed by atoms with van der Waals surface area (Å²) in [5.41, 5.74) is 0.403. The summed E-state index contributed by atoms with van der Waals surface area (Å²) in [6, 6.07) is 20.4. The molecule has 24 heavy (non-hydrogen) atoms. The van der Waals surface area contributed by atoms with Gasteiger partial charge in [0.2, 0.25) is 5.85 Å². The zero-order valence-electron chi connectivity index (χ0n) is 12.7. The van der Waals surface area contributed by atoms with Gasteiger partial charge in [-0.15, -0.1) is 0 Å². The van der Waals surface area contributed by atoms with Gasteiger partial charge in [0.1, 0.15) is 11.5 Å². The molecule has 0 radical (unpaired) electrons. The van der Waals surface area contributed by atoms with Crippen molar-refractivity contribution in [2.75, 3.05) is 0 Å². The Bertz CT molecular complexity index is 767. The summed E-state index contributed by atoms with van der Waals surface area (Å²) in [5, 5.41) is 10.6. The zero-order valence-corrected chi connectivity index (χ0v) is 13.6. The van der Waals surface area contributed by atoms with Gasteiger partial charge in [-0.1, -0.05) is 36.4 Å². The number of rotatable bonds is 6. The summed E-state index contributed by atoms with van der Waals surface area (Å²) in [5.74, 6) is -0.740. The van der Waals surface area contributed by atoms with Gasteiger partial charge in [-0.2, -0.15) is 0 Å². The molecule has 2 aromatic carbocycles. The van der Waals surface area contributed by atoms with Crippen molar-refractivity contribution in [1.82, 2.24) is 4.98 Å². The molecular weight excluding hydrogens is 325 g/mol. The fraction of sp³-hybridized carbons (Fsp3) is 0.0556. The van der Waals surface area contributed by atoms with Gasteiger partial charge in [0.05, 0.1) is 0 Å². The molecule has 0 bridgehead atoms. The highest BCUT2D eigenvalue weighted by atomic mass is 31.2. The van der Waals surface area contributed by atoms with Crippen LogP contribution in [0.25, 0.3) is 0 Å². The van der Waals surface area contributed by atoms with Crippen LogP contribution < -0.4 is 9.05 Å². The van der Waals surface area contributed by atoms with E-state index in [-0.39, 0.29) is 0 Å². The lowest BCUT2D eigenvalue weighted by Gasteiger charge is -2.24. The predicted octanol–water partition coefficient (Wildman–Crippen LogP) is 4.42. The summed E-state index contributed by atoms with van der Waals surface area (Å²) < 4.78 is 24.5.